The summed E-state index contributed by atoms with van der Waals surface area (Å²) in [6, 6.07) is 5.35. The second-order valence-electron chi connectivity index (χ2n) is 6.92. The van der Waals surface area contributed by atoms with Crippen molar-refractivity contribution in [2.24, 2.45) is 0 Å². The van der Waals surface area contributed by atoms with E-state index in [0.29, 0.717) is 11.6 Å². The SMILES string of the molecule is Cc1coc(-c2ccc(C)c(NC(=O)NCC3(O)CCCCC3)c2)n1. The third kappa shape index (κ3) is 4.39. The summed E-state index contributed by atoms with van der Waals surface area (Å²) >= 11 is 0. The Labute approximate surface area is 147 Å². The maximum absolute atomic E-state index is 12.2. The fourth-order valence-corrected chi connectivity index (χ4v) is 3.17. The van der Waals surface area contributed by atoms with Gasteiger partial charge >= 0.3 is 6.03 Å². The van der Waals surface area contributed by atoms with Crippen LogP contribution in [-0.4, -0.2) is 28.3 Å². The van der Waals surface area contributed by atoms with E-state index in [0.717, 1.165) is 48.9 Å². The maximum atomic E-state index is 12.2. The highest BCUT2D eigenvalue weighted by atomic mass is 16.3. The lowest BCUT2D eigenvalue weighted by atomic mass is 9.85. The molecule has 6 heteroatoms. The van der Waals surface area contributed by atoms with Crippen LogP contribution in [0.1, 0.15) is 43.4 Å². The van der Waals surface area contributed by atoms with Gasteiger partial charge in [0.15, 0.2) is 0 Å². The molecular formula is C19H25N3O3. The van der Waals surface area contributed by atoms with E-state index < -0.39 is 5.60 Å². The van der Waals surface area contributed by atoms with E-state index >= 15 is 0 Å². The minimum Gasteiger partial charge on any atom is -0.444 e. The summed E-state index contributed by atoms with van der Waals surface area (Å²) in [5.41, 5.74) is 2.48. The molecule has 0 atom stereocenters. The van der Waals surface area contributed by atoms with E-state index in [1.807, 2.05) is 32.0 Å². The predicted octanol–water partition coefficient (Wildman–Crippen LogP) is 3.78. The molecule has 1 aromatic heterocycles. The molecule has 3 N–H and O–H groups in total. The highest BCUT2D eigenvalue weighted by molar-refractivity contribution is 5.90. The number of oxazole rings is 1. The van der Waals surface area contributed by atoms with Crippen LogP contribution in [0.2, 0.25) is 0 Å². The van der Waals surface area contributed by atoms with Crippen molar-refractivity contribution in [1.82, 2.24) is 10.3 Å². The zero-order valence-corrected chi connectivity index (χ0v) is 14.8. The Bertz CT molecular complexity index is 748. The van der Waals surface area contributed by atoms with Crippen molar-refractivity contribution in [3.8, 4) is 11.5 Å². The first kappa shape index (κ1) is 17.5. The third-order valence-electron chi connectivity index (χ3n) is 4.71. The lowest BCUT2D eigenvalue weighted by molar-refractivity contribution is 0.00755. The quantitative estimate of drug-likeness (QED) is 0.788. The predicted molar refractivity (Wildman–Crippen MR) is 96.5 cm³/mol. The second-order valence-corrected chi connectivity index (χ2v) is 6.92. The van der Waals surface area contributed by atoms with Gasteiger partial charge in [-0.2, -0.15) is 0 Å². The highest BCUT2D eigenvalue weighted by Crippen LogP contribution is 2.28. The van der Waals surface area contributed by atoms with Crippen LogP contribution in [0.4, 0.5) is 10.5 Å². The number of aliphatic hydroxyl groups is 1. The van der Waals surface area contributed by atoms with Crippen LogP contribution in [0.25, 0.3) is 11.5 Å². The van der Waals surface area contributed by atoms with E-state index in [1.54, 1.807) is 6.26 Å². The number of amides is 2. The van der Waals surface area contributed by atoms with Gasteiger partial charge in [-0.1, -0.05) is 25.3 Å². The van der Waals surface area contributed by atoms with Crippen molar-refractivity contribution in [2.45, 2.75) is 51.6 Å². The minimum absolute atomic E-state index is 0.274. The van der Waals surface area contributed by atoms with Crippen LogP contribution in [0.3, 0.4) is 0 Å². The fourth-order valence-electron chi connectivity index (χ4n) is 3.17. The average Bonchev–Trinajstić information content (AvgIpc) is 3.02. The number of benzene rings is 1. The van der Waals surface area contributed by atoms with Crippen LogP contribution in [0.15, 0.2) is 28.9 Å². The van der Waals surface area contributed by atoms with Gasteiger partial charge in [-0.15, -0.1) is 0 Å². The molecule has 1 aromatic carbocycles. The first-order chi connectivity index (χ1) is 12.0. The lowest BCUT2D eigenvalue weighted by Gasteiger charge is -2.32. The van der Waals surface area contributed by atoms with E-state index in [2.05, 4.69) is 15.6 Å². The molecule has 1 saturated carbocycles. The Hall–Kier alpha value is -2.34. The molecule has 0 radical (unpaired) electrons. The van der Waals surface area contributed by atoms with Crippen LogP contribution < -0.4 is 10.6 Å². The summed E-state index contributed by atoms with van der Waals surface area (Å²) in [5, 5.41) is 16.1. The molecule has 0 bridgehead atoms. The number of aryl methyl sites for hydroxylation is 2. The molecule has 0 aliphatic heterocycles. The van der Waals surface area contributed by atoms with Crippen molar-refractivity contribution in [3.63, 3.8) is 0 Å². The van der Waals surface area contributed by atoms with Gasteiger partial charge in [0.1, 0.15) is 6.26 Å². The van der Waals surface area contributed by atoms with Crippen molar-refractivity contribution in [1.29, 1.82) is 0 Å². The Balaban J connectivity index is 1.64. The molecule has 1 heterocycles. The largest absolute Gasteiger partial charge is 0.444 e. The monoisotopic (exact) mass is 343 g/mol. The summed E-state index contributed by atoms with van der Waals surface area (Å²) in [7, 11) is 0. The van der Waals surface area contributed by atoms with Crippen LogP contribution in [-0.2, 0) is 0 Å². The number of hydrogen-bond donors (Lipinski definition) is 3. The standard InChI is InChI=1S/C19H25N3O3/c1-13-6-7-15(17-21-14(2)11-25-17)10-16(13)22-18(23)20-12-19(24)8-4-3-5-9-19/h6-7,10-11,24H,3-5,8-9,12H2,1-2H3,(H2,20,22,23). The van der Waals surface area contributed by atoms with Gasteiger partial charge in [0.05, 0.1) is 11.3 Å². The van der Waals surface area contributed by atoms with Gasteiger partial charge in [0.2, 0.25) is 5.89 Å². The van der Waals surface area contributed by atoms with E-state index in [1.165, 1.54) is 0 Å². The molecule has 2 amide bonds. The number of aromatic nitrogens is 1. The minimum atomic E-state index is -0.776. The van der Waals surface area contributed by atoms with Crippen LogP contribution >= 0.6 is 0 Å². The zero-order valence-electron chi connectivity index (χ0n) is 14.8. The number of hydrogen-bond acceptors (Lipinski definition) is 4. The van der Waals surface area contributed by atoms with E-state index in [9.17, 15) is 9.90 Å². The molecule has 0 saturated heterocycles. The maximum Gasteiger partial charge on any atom is 0.319 e. The summed E-state index contributed by atoms with van der Waals surface area (Å²) in [5.74, 6) is 0.525. The number of nitrogens with one attached hydrogen (secondary N) is 2. The normalized spacial score (nSPS) is 16.4. The number of carbonyl (C=O) groups is 1. The topological polar surface area (TPSA) is 87.4 Å². The molecule has 0 spiro atoms. The first-order valence-electron chi connectivity index (χ1n) is 8.76. The van der Waals surface area contributed by atoms with Gasteiger partial charge in [-0.05, 0) is 44.4 Å². The van der Waals surface area contributed by atoms with Crippen molar-refractivity contribution in [3.05, 3.63) is 35.7 Å². The van der Waals surface area contributed by atoms with Gasteiger partial charge in [-0.3, -0.25) is 0 Å². The Morgan fingerprint density at radius 2 is 2.04 bits per heavy atom. The Kier molecular flexibility index (Phi) is 5.08. The number of anilines is 1. The van der Waals surface area contributed by atoms with Crippen molar-refractivity contribution in [2.75, 3.05) is 11.9 Å². The molecule has 3 rings (SSSR count). The van der Waals surface area contributed by atoms with Gasteiger partial charge < -0.3 is 20.2 Å². The zero-order chi connectivity index (χ0) is 17.9. The highest BCUT2D eigenvalue weighted by Gasteiger charge is 2.29. The summed E-state index contributed by atoms with van der Waals surface area (Å²) in [6.07, 6.45) is 6.25. The van der Waals surface area contributed by atoms with Crippen molar-refractivity contribution < 1.29 is 14.3 Å². The molecule has 134 valence electrons. The molecule has 0 unspecified atom stereocenters. The summed E-state index contributed by atoms with van der Waals surface area (Å²) in [4.78, 5) is 16.5. The molecule has 2 aromatic rings. The lowest BCUT2D eigenvalue weighted by Crippen LogP contribution is -2.45. The van der Waals surface area contributed by atoms with Gasteiger partial charge in [-0.25, -0.2) is 9.78 Å². The number of urea groups is 1. The molecule has 1 aliphatic carbocycles. The van der Waals surface area contributed by atoms with Crippen LogP contribution in [0.5, 0.6) is 0 Å². The molecule has 25 heavy (non-hydrogen) atoms. The second kappa shape index (κ2) is 7.27. The summed E-state index contributed by atoms with van der Waals surface area (Å²) < 4.78 is 5.42. The van der Waals surface area contributed by atoms with Crippen LogP contribution in [0, 0.1) is 13.8 Å². The first-order valence-corrected chi connectivity index (χ1v) is 8.76. The number of carbonyl (C=O) groups excluding carboxylic acids is 1. The number of nitrogens with zero attached hydrogens (tertiary/aromatic N) is 1. The smallest absolute Gasteiger partial charge is 0.319 e. The number of rotatable bonds is 4. The molecule has 1 fully saturated rings. The van der Waals surface area contributed by atoms with Crippen molar-refractivity contribution >= 4 is 11.7 Å². The molecule has 1 aliphatic rings. The molecular weight excluding hydrogens is 318 g/mol. The average molecular weight is 343 g/mol. The summed E-state index contributed by atoms with van der Waals surface area (Å²) in [6.45, 7) is 4.06. The molecule has 6 nitrogen and oxygen atoms in total. The third-order valence-corrected chi connectivity index (χ3v) is 4.71. The van der Waals surface area contributed by atoms with E-state index in [4.69, 9.17) is 4.42 Å². The van der Waals surface area contributed by atoms with Gasteiger partial charge in [0.25, 0.3) is 0 Å². The Morgan fingerprint density at radius 3 is 2.72 bits per heavy atom. The van der Waals surface area contributed by atoms with E-state index in [-0.39, 0.29) is 12.6 Å². The Morgan fingerprint density at radius 1 is 1.28 bits per heavy atom. The fraction of sp³-hybridized carbons (Fsp3) is 0.474. The van der Waals surface area contributed by atoms with Gasteiger partial charge in [0, 0.05) is 17.8 Å².